The van der Waals surface area contributed by atoms with Crippen LogP contribution in [-0.2, 0) is 10.0 Å². The van der Waals surface area contributed by atoms with Gasteiger partial charge in [0.2, 0.25) is 10.0 Å². The summed E-state index contributed by atoms with van der Waals surface area (Å²) in [5.74, 6) is 0.255. The molecule has 22 heavy (non-hydrogen) atoms. The highest BCUT2D eigenvalue weighted by molar-refractivity contribution is 9.10. The van der Waals surface area contributed by atoms with Crippen molar-refractivity contribution in [2.45, 2.75) is 31.1 Å². The molecule has 0 radical (unpaired) electrons. The van der Waals surface area contributed by atoms with E-state index in [0.717, 1.165) is 44.1 Å². The van der Waals surface area contributed by atoms with E-state index in [1.54, 1.807) is 0 Å². The fourth-order valence-corrected chi connectivity index (χ4v) is 4.89. The number of piperidine rings is 1. The Kier molecular flexibility index (Phi) is 6.37. The van der Waals surface area contributed by atoms with Crippen LogP contribution in [0, 0.1) is 11.7 Å². The van der Waals surface area contributed by atoms with Crippen molar-refractivity contribution >= 4 is 26.0 Å². The zero-order valence-electron chi connectivity index (χ0n) is 12.7. The lowest BCUT2D eigenvalue weighted by Crippen LogP contribution is -2.36. The maximum atomic E-state index is 13.0. The molecule has 0 aromatic heterocycles. The lowest BCUT2D eigenvalue weighted by Gasteiger charge is -2.30. The van der Waals surface area contributed by atoms with Gasteiger partial charge in [-0.2, -0.15) is 0 Å². The third kappa shape index (κ3) is 5.01. The van der Waals surface area contributed by atoms with E-state index in [9.17, 15) is 12.8 Å². The van der Waals surface area contributed by atoms with E-state index in [1.807, 2.05) is 0 Å². The van der Waals surface area contributed by atoms with Crippen LogP contribution in [0.5, 0.6) is 0 Å². The van der Waals surface area contributed by atoms with Gasteiger partial charge >= 0.3 is 0 Å². The lowest BCUT2D eigenvalue weighted by molar-refractivity contribution is 0.182. The molecule has 7 heteroatoms. The fourth-order valence-electron chi connectivity index (χ4n) is 2.77. The van der Waals surface area contributed by atoms with Crippen LogP contribution in [0.4, 0.5) is 4.39 Å². The summed E-state index contributed by atoms with van der Waals surface area (Å²) in [4.78, 5) is 2.46. The van der Waals surface area contributed by atoms with Crippen LogP contribution >= 0.6 is 15.9 Å². The maximum Gasteiger partial charge on any atom is 0.241 e. The standard InChI is InChI=1S/C15H22BrFN2O2S/c1-12-4-2-8-19(11-12)9-3-7-18-22(20,21)15-6-5-13(17)10-14(15)16/h5-6,10,12,18H,2-4,7-9,11H2,1H3/t12-/m1/s1. The number of likely N-dealkylation sites (tertiary alicyclic amines) is 1. The number of rotatable bonds is 6. The summed E-state index contributed by atoms with van der Waals surface area (Å²) in [5.41, 5.74) is 0. The molecule has 1 aliphatic rings. The molecule has 0 saturated carbocycles. The Morgan fingerprint density at radius 2 is 2.23 bits per heavy atom. The normalized spacial score (nSPS) is 20.2. The van der Waals surface area contributed by atoms with Crippen molar-refractivity contribution < 1.29 is 12.8 Å². The van der Waals surface area contributed by atoms with Crippen LogP contribution in [0.3, 0.4) is 0 Å². The summed E-state index contributed by atoms with van der Waals surface area (Å²) in [7, 11) is -3.60. The number of hydrogen-bond acceptors (Lipinski definition) is 3. The summed E-state index contributed by atoms with van der Waals surface area (Å²) in [5, 5.41) is 0. The van der Waals surface area contributed by atoms with E-state index in [0.29, 0.717) is 6.54 Å². The number of sulfonamides is 1. The predicted molar refractivity (Wildman–Crippen MR) is 88.7 cm³/mol. The zero-order chi connectivity index (χ0) is 16.2. The molecule has 124 valence electrons. The Labute approximate surface area is 140 Å². The summed E-state index contributed by atoms with van der Waals surface area (Å²) >= 11 is 3.09. The molecule has 1 fully saturated rings. The summed E-state index contributed by atoms with van der Waals surface area (Å²) in [6, 6.07) is 3.58. The lowest BCUT2D eigenvalue weighted by atomic mass is 10.0. The van der Waals surface area contributed by atoms with Crippen LogP contribution in [0.15, 0.2) is 27.6 Å². The molecule has 1 aromatic rings. The van der Waals surface area contributed by atoms with Crippen molar-refractivity contribution in [2.75, 3.05) is 26.2 Å². The molecule has 0 spiro atoms. The highest BCUT2D eigenvalue weighted by Crippen LogP contribution is 2.22. The highest BCUT2D eigenvalue weighted by Gasteiger charge is 2.18. The summed E-state index contributed by atoms with van der Waals surface area (Å²) < 4.78 is 40.2. The average molecular weight is 393 g/mol. The van der Waals surface area contributed by atoms with Gasteiger partial charge in [0.25, 0.3) is 0 Å². The van der Waals surface area contributed by atoms with E-state index in [-0.39, 0.29) is 9.37 Å². The number of hydrogen-bond donors (Lipinski definition) is 1. The molecule has 0 aliphatic carbocycles. The van der Waals surface area contributed by atoms with Gasteiger partial charge in [0.05, 0.1) is 4.90 Å². The molecule has 1 saturated heterocycles. The van der Waals surface area contributed by atoms with Gasteiger partial charge in [-0.1, -0.05) is 6.92 Å². The van der Waals surface area contributed by atoms with Gasteiger partial charge in [-0.25, -0.2) is 17.5 Å². The molecule has 1 heterocycles. The topological polar surface area (TPSA) is 49.4 Å². The van der Waals surface area contributed by atoms with Crippen molar-refractivity contribution in [3.8, 4) is 0 Å². The number of benzene rings is 1. The van der Waals surface area contributed by atoms with Gasteiger partial charge in [-0.05, 0) is 72.4 Å². The minimum atomic E-state index is -3.60. The zero-order valence-corrected chi connectivity index (χ0v) is 15.1. The first kappa shape index (κ1) is 17.8. The van der Waals surface area contributed by atoms with Crippen molar-refractivity contribution in [3.63, 3.8) is 0 Å². The van der Waals surface area contributed by atoms with E-state index in [1.165, 1.54) is 18.9 Å². The Morgan fingerprint density at radius 1 is 1.45 bits per heavy atom. The van der Waals surface area contributed by atoms with Gasteiger partial charge in [0.15, 0.2) is 0 Å². The number of nitrogens with one attached hydrogen (secondary N) is 1. The number of nitrogens with zero attached hydrogens (tertiary/aromatic N) is 1. The molecular weight excluding hydrogens is 371 g/mol. The average Bonchev–Trinajstić information content (AvgIpc) is 2.43. The van der Waals surface area contributed by atoms with Crippen molar-refractivity contribution in [1.29, 1.82) is 0 Å². The SMILES string of the molecule is C[C@@H]1CCCN(CCCNS(=O)(=O)c2ccc(F)cc2Br)C1. The van der Waals surface area contributed by atoms with E-state index < -0.39 is 15.8 Å². The largest absolute Gasteiger partial charge is 0.303 e. The van der Waals surface area contributed by atoms with Crippen molar-refractivity contribution in [2.24, 2.45) is 5.92 Å². The van der Waals surface area contributed by atoms with E-state index in [2.05, 4.69) is 32.5 Å². The van der Waals surface area contributed by atoms with Crippen LogP contribution in [0.1, 0.15) is 26.2 Å². The Bertz CT molecular complexity index is 610. The smallest absolute Gasteiger partial charge is 0.241 e. The van der Waals surface area contributed by atoms with Crippen LogP contribution in [0.2, 0.25) is 0 Å². The molecule has 1 atom stereocenters. The first-order valence-corrected chi connectivity index (χ1v) is 9.83. The van der Waals surface area contributed by atoms with Gasteiger partial charge in [0.1, 0.15) is 5.82 Å². The molecule has 4 nitrogen and oxygen atoms in total. The molecular formula is C15H22BrFN2O2S. The van der Waals surface area contributed by atoms with Gasteiger partial charge in [-0.3, -0.25) is 0 Å². The fraction of sp³-hybridized carbons (Fsp3) is 0.600. The van der Waals surface area contributed by atoms with Gasteiger partial charge < -0.3 is 4.90 Å². The molecule has 0 unspecified atom stereocenters. The summed E-state index contributed by atoms with van der Waals surface area (Å²) in [6.07, 6.45) is 3.27. The monoisotopic (exact) mass is 392 g/mol. The van der Waals surface area contributed by atoms with Gasteiger partial charge in [-0.15, -0.1) is 0 Å². The first-order valence-electron chi connectivity index (χ1n) is 7.55. The van der Waals surface area contributed by atoms with Crippen molar-refractivity contribution in [3.05, 3.63) is 28.5 Å². The maximum absolute atomic E-state index is 13.0. The second kappa shape index (κ2) is 7.86. The molecule has 0 amide bonds. The molecule has 0 bridgehead atoms. The van der Waals surface area contributed by atoms with Crippen LogP contribution in [-0.4, -0.2) is 39.5 Å². The van der Waals surface area contributed by atoms with Crippen molar-refractivity contribution in [1.82, 2.24) is 9.62 Å². The first-order chi connectivity index (χ1) is 10.4. The summed E-state index contributed by atoms with van der Waals surface area (Å²) in [6.45, 7) is 5.73. The molecule has 1 aliphatic heterocycles. The molecule has 1 aromatic carbocycles. The van der Waals surface area contributed by atoms with E-state index in [4.69, 9.17) is 0 Å². The quantitative estimate of drug-likeness (QED) is 0.756. The molecule has 2 rings (SSSR count). The minimum Gasteiger partial charge on any atom is -0.303 e. The van der Waals surface area contributed by atoms with Crippen LogP contribution < -0.4 is 4.72 Å². The van der Waals surface area contributed by atoms with Crippen LogP contribution in [0.25, 0.3) is 0 Å². The second-order valence-electron chi connectivity index (χ2n) is 5.87. The Hall–Kier alpha value is -0.500. The third-order valence-corrected chi connectivity index (χ3v) is 6.31. The van der Waals surface area contributed by atoms with Gasteiger partial charge in [0, 0.05) is 17.6 Å². The third-order valence-electron chi connectivity index (χ3n) is 3.87. The second-order valence-corrected chi connectivity index (χ2v) is 8.46. The minimum absolute atomic E-state index is 0.0699. The Balaban J connectivity index is 1.82. The highest BCUT2D eigenvalue weighted by atomic mass is 79.9. The van der Waals surface area contributed by atoms with E-state index >= 15 is 0 Å². The molecule has 1 N–H and O–H groups in total. The predicted octanol–water partition coefficient (Wildman–Crippen LogP) is 2.99. The Morgan fingerprint density at radius 3 is 2.91 bits per heavy atom. The number of halogens is 2.